The van der Waals surface area contributed by atoms with Crippen LogP contribution in [0.1, 0.15) is 85.7 Å². The monoisotopic (exact) mass is 699 g/mol. The predicted molar refractivity (Wildman–Crippen MR) is 193 cm³/mol. The number of carbonyl (C=O) groups excluding carboxylic acids is 2. The summed E-state index contributed by atoms with van der Waals surface area (Å²) in [4.78, 5) is 33.3. The molecule has 50 heavy (non-hydrogen) atoms. The molecule has 2 saturated carbocycles. The summed E-state index contributed by atoms with van der Waals surface area (Å²) >= 11 is 0. The van der Waals surface area contributed by atoms with E-state index in [1.807, 2.05) is 18.2 Å². The number of aromatic nitrogens is 1. The number of nitrogens with one attached hydrogen (secondary N) is 2. The highest BCUT2D eigenvalue weighted by Crippen LogP contribution is 2.67. The van der Waals surface area contributed by atoms with E-state index in [0.717, 1.165) is 86.4 Å². The number of rotatable bonds is 6. The number of carbonyl (C=O) groups is 2. The fourth-order valence-electron chi connectivity index (χ4n) is 11.0. The zero-order chi connectivity index (χ0) is 34.8. The molecule has 2 unspecified atom stereocenters. The molecule has 2 amide bonds. The SMILES string of the molecule is COc1ccc2c(c1)[C@@H]1C[C@]1(C(=O)N1CC34CNCC3(CN(C)C4)C1)Cn1c-2c(C2CCCCC2)c2ccc(C(=O)NS(=O)(=O)C(C)C)cc21. The third-order valence-corrected chi connectivity index (χ3v) is 15.2. The molecule has 9 rings (SSSR count). The maximum absolute atomic E-state index is 15.2. The zero-order valence-electron chi connectivity index (χ0n) is 29.7. The van der Waals surface area contributed by atoms with Crippen LogP contribution in [0.4, 0.5) is 0 Å². The van der Waals surface area contributed by atoms with Crippen molar-refractivity contribution in [2.75, 3.05) is 53.4 Å². The van der Waals surface area contributed by atoms with E-state index < -0.39 is 26.6 Å². The predicted octanol–water partition coefficient (Wildman–Crippen LogP) is 4.68. The molecule has 2 aliphatic carbocycles. The molecule has 6 aliphatic rings. The number of ether oxygens (including phenoxy) is 1. The molecule has 11 heteroatoms. The van der Waals surface area contributed by atoms with E-state index in [4.69, 9.17) is 4.74 Å². The lowest BCUT2D eigenvalue weighted by Gasteiger charge is -2.29. The number of hydrogen-bond acceptors (Lipinski definition) is 7. The third-order valence-electron chi connectivity index (χ3n) is 13.5. The summed E-state index contributed by atoms with van der Waals surface area (Å²) in [7, 11) is 0.102. The van der Waals surface area contributed by atoms with Gasteiger partial charge in [-0.1, -0.05) is 25.3 Å². The van der Waals surface area contributed by atoms with Crippen LogP contribution in [-0.2, 0) is 21.4 Å². The van der Waals surface area contributed by atoms with Gasteiger partial charge in [0, 0.05) is 84.6 Å². The first-order valence-electron chi connectivity index (χ1n) is 18.5. The average Bonchev–Trinajstić information content (AvgIpc) is 3.32. The van der Waals surface area contributed by atoms with Crippen molar-refractivity contribution in [3.8, 4) is 17.0 Å². The molecule has 0 spiro atoms. The summed E-state index contributed by atoms with van der Waals surface area (Å²) in [6, 6.07) is 12.0. The van der Waals surface area contributed by atoms with Crippen molar-refractivity contribution in [1.29, 1.82) is 0 Å². The van der Waals surface area contributed by atoms with Gasteiger partial charge in [0.2, 0.25) is 15.9 Å². The maximum atomic E-state index is 15.2. The molecule has 1 aromatic heterocycles. The van der Waals surface area contributed by atoms with Crippen molar-refractivity contribution in [2.45, 2.75) is 76.0 Å². The fraction of sp³-hybridized carbons (Fsp3) is 0.590. The number of amides is 2. The molecule has 2 aromatic carbocycles. The maximum Gasteiger partial charge on any atom is 0.264 e. The topological polar surface area (TPSA) is 113 Å². The van der Waals surface area contributed by atoms with Crippen LogP contribution >= 0.6 is 0 Å². The lowest BCUT2D eigenvalue weighted by molar-refractivity contribution is -0.137. The van der Waals surface area contributed by atoms with Crippen LogP contribution in [0.3, 0.4) is 0 Å². The van der Waals surface area contributed by atoms with E-state index >= 15 is 4.79 Å². The Labute approximate surface area is 294 Å². The first-order chi connectivity index (χ1) is 23.9. The van der Waals surface area contributed by atoms with Gasteiger partial charge in [0.05, 0.1) is 23.5 Å². The molecule has 0 bridgehead atoms. The van der Waals surface area contributed by atoms with Crippen molar-refractivity contribution in [1.82, 2.24) is 24.4 Å². The van der Waals surface area contributed by atoms with Crippen molar-refractivity contribution >= 4 is 32.7 Å². The Morgan fingerprint density at radius 3 is 2.36 bits per heavy atom. The number of nitrogens with zero attached hydrogens (tertiary/aromatic N) is 3. The number of likely N-dealkylation sites (tertiary alicyclic amines) is 2. The molecular weight excluding hydrogens is 651 g/mol. The summed E-state index contributed by atoms with van der Waals surface area (Å²) in [5.41, 5.74) is 5.53. The van der Waals surface area contributed by atoms with Gasteiger partial charge < -0.3 is 24.4 Å². The Morgan fingerprint density at radius 1 is 0.960 bits per heavy atom. The number of hydrogen-bond donors (Lipinski definition) is 2. The molecule has 3 saturated heterocycles. The van der Waals surface area contributed by atoms with Gasteiger partial charge in [0.1, 0.15) is 5.75 Å². The summed E-state index contributed by atoms with van der Waals surface area (Å²) in [6.07, 6.45) is 6.55. The van der Waals surface area contributed by atoms with E-state index in [2.05, 4.69) is 43.6 Å². The quantitative estimate of drug-likeness (QED) is 0.384. The molecule has 266 valence electrons. The Kier molecular flexibility index (Phi) is 7.18. The Balaban J connectivity index is 1.20. The second kappa shape index (κ2) is 11.0. The van der Waals surface area contributed by atoms with E-state index in [-0.39, 0.29) is 22.7 Å². The highest BCUT2D eigenvalue weighted by atomic mass is 32.2. The summed E-state index contributed by atoms with van der Waals surface area (Å²) in [6.45, 7) is 9.13. The van der Waals surface area contributed by atoms with Crippen molar-refractivity contribution in [2.24, 2.45) is 16.2 Å². The standard InChI is InChI=1S/C39H49N5O5S/c1-24(2)50(47,48)41-35(45)26-10-12-29-32(14-26)44-23-39(36(46)43-21-37-17-40-18-38(37,22-43)20-42(3)19-37)16-31(39)30-15-27(49-4)11-13-28(30)34(44)33(29)25-8-6-5-7-9-25/h10-15,24-25,31,40H,5-9,16-23H2,1-4H3,(H,41,45)/t31-,37?,38?,39-/m0/s1. The molecule has 3 aromatic rings. The van der Waals surface area contributed by atoms with Gasteiger partial charge in [-0.3, -0.25) is 9.59 Å². The third kappa shape index (κ3) is 4.54. The molecular formula is C39H49N5O5S. The van der Waals surface area contributed by atoms with Crippen LogP contribution < -0.4 is 14.8 Å². The van der Waals surface area contributed by atoms with E-state index in [0.29, 0.717) is 18.0 Å². The van der Waals surface area contributed by atoms with Gasteiger partial charge >= 0.3 is 0 Å². The van der Waals surface area contributed by atoms with Crippen LogP contribution in [0.25, 0.3) is 22.2 Å². The number of sulfonamides is 1. The van der Waals surface area contributed by atoms with Crippen molar-refractivity contribution in [3.63, 3.8) is 0 Å². The molecule has 4 aliphatic heterocycles. The molecule has 0 radical (unpaired) electrons. The lowest BCUT2D eigenvalue weighted by Crippen LogP contribution is -2.44. The van der Waals surface area contributed by atoms with Gasteiger partial charge in [0.15, 0.2) is 0 Å². The van der Waals surface area contributed by atoms with Crippen LogP contribution in [-0.4, -0.2) is 93.3 Å². The summed E-state index contributed by atoms with van der Waals surface area (Å²) in [5, 5.41) is 4.03. The zero-order valence-corrected chi connectivity index (χ0v) is 30.5. The Bertz CT molecular complexity index is 2030. The first-order valence-corrected chi connectivity index (χ1v) is 20.0. The van der Waals surface area contributed by atoms with Crippen molar-refractivity contribution < 1.29 is 22.7 Å². The molecule has 5 fully saturated rings. The molecule has 2 N–H and O–H groups in total. The van der Waals surface area contributed by atoms with Crippen LogP contribution in [0.2, 0.25) is 0 Å². The van der Waals surface area contributed by atoms with Crippen LogP contribution in [0.15, 0.2) is 36.4 Å². The highest BCUT2D eigenvalue weighted by Gasteiger charge is 2.69. The first kappa shape index (κ1) is 32.5. The van der Waals surface area contributed by atoms with Crippen molar-refractivity contribution in [3.05, 3.63) is 53.1 Å². The normalized spacial score (nSPS) is 30.4. The number of benzene rings is 2. The Morgan fingerprint density at radius 2 is 1.68 bits per heavy atom. The Hall–Kier alpha value is -3.41. The van der Waals surface area contributed by atoms with Gasteiger partial charge in [-0.2, -0.15) is 0 Å². The minimum Gasteiger partial charge on any atom is -0.497 e. The van der Waals surface area contributed by atoms with Gasteiger partial charge in [-0.05, 0) is 87.5 Å². The minimum atomic E-state index is -3.81. The van der Waals surface area contributed by atoms with E-state index in [1.165, 1.54) is 30.4 Å². The minimum absolute atomic E-state index is 0.0630. The van der Waals surface area contributed by atoms with Crippen LogP contribution in [0, 0.1) is 16.2 Å². The second-order valence-electron chi connectivity index (χ2n) is 16.8. The second-order valence-corrected chi connectivity index (χ2v) is 19.0. The molecule has 10 nitrogen and oxygen atoms in total. The summed E-state index contributed by atoms with van der Waals surface area (Å²) < 4.78 is 35.8. The fourth-order valence-corrected chi connectivity index (χ4v) is 11.6. The molecule has 5 heterocycles. The van der Waals surface area contributed by atoms with Gasteiger partial charge in [-0.15, -0.1) is 0 Å². The lowest BCUT2D eigenvalue weighted by atomic mass is 9.71. The van der Waals surface area contributed by atoms with E-state index in [1.54, 1.807) is 27.0 Å². The van der Waals surface area contributed by atoms with Gasteiger partial charge in [-0.25, -0.2) is 13.1 Å². The smallest absolute Gasteiger partial charge is 0.264 e. The summed E-state index contributed by atoms with van der Waals surface area (Å²) in [5.74, 6) is 0.840. The van der Waals surface area contributed by atoms with Crippen LogP contribution in [0.5, 0.6) is 5.75 Å². The van der Waals surface area contributed by atoms with E-state index in [9.17, 15) is 13.2 Å². The van der Waals surface area contributed by atoms with Gasteiger partial charge in [0.25, 0.3) is 5.91 Å². The number of methoxy groups -OCH3 is 1. The number of fused-ring (bicyclic) bond motifs is 7. The average molecular weight is 700 g/mol. The highest BCUT2D eigenvalue weighted by molar-refractivity contribution is 7.90. The molecule has 4 atom stereocenters. The largest absolute Gasteiger partial charge is 0.497 e.